The zero-order valence-corrected chi connectivity index (χ0v) is 19.8. The van der Waals surface area contributed by atoms with Crippen LogP contribution in [0.15, 0.2) is 84.5 Å². The van der Waals surface area contributed by atoms with Crippen LogP contribution in [0.2, 0.25) is 0 Å². The van der Waals surface area contributed by atoms with Crippen LogP contribution in [-0.2, 0) is 6.54 Å². The molecule has 0 amide bonds. The number of pyridine rings is 1. The Bertz CT molecular complexity index is 1290. The van der Waals surface area contributed by atoms with Crippen LogP contribution in [0.1, 0.15) is 30.6 Å². The number of para-hydroxylation sites is 2. The van der Waals surface area contributed by atoms with E-state index in [1.807, 2.05) is 29.8 Å². The Labute approximate surface area is 204 Å². The molecule has 3 aliphatic rings. The lowest BCUT2D eigenvalue weighted by molar-refractivity contribution is 0.120. The highest BCUT2D eigenvalue weighted by molar-refractivity contribution is 7.09. The van der Waals surface area contributed by atoms with Crippen molar-refractivity contribution < 1.29 is 4.74 Å². The number of anilines is 2. The van der Waals surface area contributed by atoms with Gasteiger partial charge in [0.1, 0.15) is 0 Å². The monoisotopic (exact) mass is 465 g/mol. The number of aromatic nitrogens is 1. The highest BCUT2D eigenvalue weighted by atomic mass is 32.1. The first-order chi connectivity index (χ1) is 16.8. The molecule has 34 heavy (non-hydrogen) atoms. The number of nitrogens with zero attached hydrogens (tertiary/aromatic N) is 3. The SMILES string of the molecule is c1cncc(-c2ccc3c(c2)Oc2ccccc2N3[C@H]2C[C@H]3CC[C@@H](C2)N3Cc2cccs2)c1. The Balaban J connectivity index is 1.23. The Morgan fingerprint density at radius 1 is 0.824 bits per heavy atom. The third-order valence-corrected chi connectivity index (χ3v) is 8.56. The number of rotatable bonds is 4. The number of hydrogen-bond acceptors (Lipinski definition) is 5. The molecule has 0 aliphatic carbocycles. The summed E-state index contributed by atoms with van der Waals surface area (Å²) in [6, 6.07) is 25.5. The Morgan fingerprint density at radius 2 is 1.68 bits per heavy atom. The first-order valence-electron chi connectivity index (χ1n) is 12.2. The van der Waals surface area contributed by atoms with Gasteiger partial charge in [0.2, 0.25) is 0 Å². The van der Waals surface area contributed by atoms with Crippen molar-refractivity contribution in [2.24, 2.45) is 0 Å². The Morgan fingerprint density at radius 3 is 2.47 bits per heavy atom. The first-order valence-corrected chi connectivity index (χ1v) is 13.1. The number of benzene rings is 2. The summed E-state index contributed by atoms with van der Waals surface area (Å²) < 4.78 is 6.45. The lowest BCUT2D eigenvalue weighted by atomic mass is 9.93. The maximum Gasteiger partial charge on any atom is 0.151 e. The summed E-state index contributed by atoms with van der Waals surface area (Å²) in [5.41, 5.74) is 4.62. The molecular formula is C29H27N3OS. The van der Waals surface area contributed by atoms with Gasteiger partial charge in [0.05, 0.1) is 11.4 Å². The van der Waals surface area contributed by atoms with Crippen molar-refractivity contribution >= 4 is 22.7 Å². The summed E-state index contributed by atoms with van der Waals surface area (Å²) in [4.78, 5) is 11.1. The van der Waals surface area contributed by atoms with E-state index in [0.717, 1.165) is 29.2 Å². The molecule has 0 saturated carbocycles. The van der Waals surface area contributed by atoms with Crippen molar-refractivity contribution in [2.75, 3.05) is 4.90 Å². The normalized spacial score (nSPS) is 23.3. The van der Waals surface area contributed by atoms with Crippen molar-refractivity contribution in [1.82, 2.24) is 9.88 Å². The van der Waals surface area contributed by atoms with E-state index in [-0.39, 0.29) is 0 Å². The largest absolute Gasteiger partial charge is 0.453 e. The highest BCUT2D eigenvalue weighted by Crippen LogP contribution is 2.51. The van der Waals surface area contributed by atoms with E-state index in [1.54, 1.807) is 0 Å². The molecule has 3 aliphatic heterocycles. The van der Waals surface area contributed by atoms with Gasteiger partial charge in [0, 0.05) is 47.5 Å². The molecule has 0 unspecified atom stereocenters. The zero-order chi connectivity index (χ0) is 22.5. The molecule has 2 bridgehead atoms. The maximum atomic E-state index is 6.45. The van der Waals surface area contributed by atoms with Crippen LogP contribution in [0.3, 0.4) is 0 Å². The van der Waals surface area contributed by atoms with Crippen LogP contribution in [0.4, 0.5) is 11.4 Å². The molecule has 3 atom stereocenters. The topological polar surface area (TPSA) is 28.6 Å². The van der Waals surface area contributed by atoms with Gasteiger partial charge in [-0.25, -0.2) is 0 Å². The van der Waals surface area contributed by atoms with Gasteiger partial charge in [-0.1, -0.05) is 30.3 Å². The number of ether oxygens (including phenoxy) is 1. The number of hydrogen-bond donors (Lipinski definition) is 0. The molecule has 0 spiro atoms. The molecule has 2 aromatic heterocycles. The quantitative estimate of drug-likeness (QED) is 0.317. The maximum absolute atomic E-state index is 6.45. The van der Waals surface area contributed by atoms with Crippen molar-refractivity contribution in [2.45, 2.75) is 50.4 Å². The second-order valence-corrected chi connectivity index (χ2v) is 10.7. The van der Waals surface area contributed by atoms with Crippen LogP contribution in [0.5, 0.6) is 11.5 Å². The fourth-order valence-corrected chi connectivity index (χ4v) is 6.90. The molecule has 5 heterocycles. The fourth-order valence-electron chi connectivity index (χ4n) is 6.19. The standard InChI is InChI=1S/C29H27N3OS/c1-2-8-28-26(7-1)32(27-12-9-20(15-29(27)33-28)21-5-3-13-30-18-21)24-16-22-10-11-23(17-24)31(22)19-25-6-4-14-34-25/h1-9,12-15,18,22-24H,10-11,16-17,19H2/t22-,23+,24+. The second kappa shape index (κ2) is 8.26. The van der Waals surface area contributed by atoms with E-state index < -0.39 is 0 Å². The van der Waals surface area contributed by atoms with Crippen LogP contribution >= 0.6 is 11.3 Å². The van der Waals surface area contributed by atoms with Crippen molar-refractivity contribution in [3.8, 4) is 22.6 Å². The lowest BCUT2D eigenvalue weighted by Crippen LogP contribution is -2.49. The third kappa shape index (κ3) is 3.42. The summed E-state index contributed by atoms with van der Waals surface area (Å²) in [7, 11) is 0. The van der Waals surface area contributed by atoms with Crippen molar-refractivity contribution in [3.05, 3.63) is 89.4 Å². The Hall–Kier alpha value is -3.15. The van der Waals surface area contributed by atoms with E-state index in [4.69, 9.17) is 4.74 Å². The van der Waals surface area contributed by atoms with Crippen LogP contribution in [0.25, 0.3) is 11.1 Å². The van der Waals surface area contributed by atoms with Gasteiger partial charge in [0.15, 0.2) is 11.5 Å². The molecule has 2 aromatic carbocycles. The smallest absolute Gasteiger partial charge is 0.151 e. The van der Waals surface area contributed by atoms with Crippen LogP contribution < -0.4 is 9.64 Å². The molecule has 170 valence electrons. The minimum absolute atomic E-state index is 0.477. The predicted molar refractivity (Wildman–Crippen MR) is 138 cm³/mol. The minimum atomic E-state index is 0.477. The van der Waals surface area contributed by atoms with Gasteiger partial charge >= 0.3 is 0 Å². The van der Waals surface area contributed by atoms with E-state index in [0.29, 0.717) is 18.1 Å². The van der Waals surface area contributed by atoms with Crippen molar-refractivity contribution in [3.63, 3.8) is 0 Å². The number of piperidine rings is 1. The fraction of sp³-hybridized carbons (Fsp3) is 0.276. The van der Waals surface area contributed by atoms with Gasteiger partial charge in [-0.2, -0.15) is 0 Å². The van der Waals surface area contributed by atoms with Gasteiger partial charge in [-0.05, 0) is 73.0 Å². The van der Waals surface area contributed by atoms with Crippen molar-refractivity contribution in [1.29, 1.82) is 0 Å². The summed E-state index contributed by atoms with van der Waals surface area (Å²) >= 11 is 1.89. The molecule has 4 nitrogen and oxygen atoms in total. The summed E-state index contributed by atoms with van der Waals surface area (Å²) in [6.45, 7) is 1.10. The van der Waals surface area contributed by atoms with Crippen LogP contribution in [0, 0.1) is 0 Å². The second-order valence-electron chi connectivity index (χ2n) is 9.63. The first kappa shape index (κ1) is 20.2. The van der Waals surface area contributed by atoms with E-state index in [9.17, 15) is 0 Å². The number of fused-ring (bicyclic) bond motifs is 4. The molecule has 0 radical (unpaired) electrons. The average molecular weight is 466 g/mol. The van der Waals surface area contributed by atoms with E-state index in [2.05, 4.69) is 80.8 Å². The summed E-state index contributed by atoms with van der Waals surface area (Å²) in [6.07, 6.45) is 8.74. The third-order valence-electron chi connectivity index (χ3n) is 7.70. The lowest BCUT2D eigenvalue weighted by Gasteiger charge is -2.46. The molecule has 4 aromatic rings. The number of thiophene rings is 1. The van der Waals surface area contributed by atoms with Gasteiger partial charge in [0.25, 0.3) is 0 Å². The van der Waals surface area contributed by atoms with E-state index in [1.165, 1.54) is 41.9 Å². The Kier molecular flexibility index (Phi) is 4.92. The van der Waals surface area contributed by atoms with Gasteiger partial charge in [-0.15, -0.1) is 11.3 Å². The minimum Gasteiger partial charge on any atom is -0.453 e. The van der Waals surface area contributed by atoms with Crippen LogP contribution in [-0.4, -0.2) is 28.0 Å². The van der Waals surface area contributed by atoms with Gasteiger partial charge in [-0.3, -0.25) is 9.88 Å². The predicted octanol–water partition coefficient (Wildman–Crippen LogP) is 7.25. The van der Waals surface area contributed by atoms with E-state index >= 15 is 0 Å². The molecule has 2 fully saturated rings. The highest BCUT2D eigenvalue weighted by Gasteiger charge is 2.44. The zero-order valence-electron chi connectivity index (χ0n) is 19.0. The molecular weight excluding hydrogens is 438 g/mol. The van der Waals surface area contributed by atoms with Gasteiger partial charge < -0.3 is 9.64 Å². The molecule has 7 rings (SSSR count). The molecule has 2 saturated heterocycles. The summed E-state index contributed by atoms with van der Waals surface area (Å²) in [5, 5.41) is 2.20. The average Bonchev–Trinajstić information content (AvgIpc) is 3.47. The molecule has 5 heteroatoms. The molecule has 0 N–H and O–H groups in total. The summed E-state index contributed by atoms with van der Waals surface area (Å²) in [5.74, 6) is 1.89.